The summed E-state index contributed by atoms with van der Waals surface area (Å²) in [7, 11) is -3.59. The normalized spacial score (nSPS) is 15.1. The van der Waals surface area contributed by atoms with Gasteiger partial charge in [-0.3, -0.25) is 4.72 Å². The third kappa shape index (κ3) is 5.68. The average Bonchev–Trinajstić information content (AvgIpc) is 2.64. The van der Waals surface area contributed by atoms with E-state index in [1.165, 1.54) is 19.3 Å². The molecular weight excluding hydrogens is 378 g/mol. The molecule has 0 aliphatic heterocycles. The number of rotatable bonds is 5. The molecule has 0 atom stereocenters. The van der Waals surface area contributed by atoms with E-state index in [9.17, 15) is 8.42 Å². The van der Waals surface area contributed by atoms with Gasteiger partial charge in [0, 0.05) is 17.4 Å². The van der Waals surface area contributed by atoms with E-state index in [1.54, 1.807) is 36.4 Å². The van der Waals surface area contributed by atoms with Crippen LogP contribution in [0.2, 0.25) is 0 Å². The highest BCUT2D eigenvalue weighted by atomic mass is 32.2. The van der Waals surface area contributed by atoms with Gasteiger partial charge in [-0.05, 0) is 68.4 Å². The molecule has 0 aromatic heterocycles. The molecule has 27 heavy (non-hydrogen) atoms. The van der Waals surface area contributed by atoms with Crippen LogP contribution in [0.3, 0.4) is 0 Å². The lowest BCUT2D eigenvalue weighted by Gasteiger charge is -2.24. The first kappa shape index (κ1) is 19.6. The molecule has 3 rings (SSSR count). The van der Waals surface area contributed by atoms with Crippen LogP contribution in [0.5, 0.6) is 0 Å². The van der Waals surface area contributed by atoms with Crippen molar-refractivity contribution in [3.05, 3.63) is 54.1 Å². The molecule has 0 amide bonds. The van der Waals surface area contributed by atoms with Gasteiger partial charge in [-0.2, -0.15) is 0 Å². The van der Waals surface area contributed by atoms with E-state index in [0.29, 0.717) is 16.8 Å². The highest BCUT2D eigenvalue weighted by molar-refractivity contribution is 7.92. The number of sulfonamides is 1. The van der Waals surface area contributed by atoms with Crippen molar-refractivity contribution in [1.29, 1.82) is 0 Å². The first-order valence-corrected chi connectivity index (χ1v) is 11.1. The van der Waals surface area contributed by atoms with E-state index in [2.05, 4.69) is 15.4 Å². The van der Waals surface area contributed by atoms with Gasteiger partial charge in [0.25, 0.3) is 10.0 Å². The van der Waals surface area contributed by atoms with Crippen LogP contribution in [-0.2, 0) is 10.0 Å². The maximum atomic E-state index is 12.4. The minimum Gasteiger partial charge on any atom is -0.360 e. The highest BCUT2D eigenvalue weighted by Gasteiger charge is 2.15. The Morgan fingerprint density at radius 1 is 0.926 bits per heavy atom. The molecule has 0 saturated heterocycles. The summed E-state index contributed by atoms with van der Waals surface area (Å²) in [6.07, 6.45) is 6.10. The molecular formula is C20H25N3O2S2. The first-order chi connectivity index (χ1) is 12.9. The van der Waals surface area contributed by atoms with Crippen LogP contribution in [0, 0.1) is 6.92 Å². The molecule has 2 aromatic carbocycles. The molecule has 0 unspecified atom stereocenters. The van der Waals surface area contributed by atoms with Crippen molar-refractivity contribution in [2.45, 2.75) is 50.0 Å². The lowest BCUT2D eigenvalue weighted by molar-refractivity contribution is 0.415. The van der Waals surface area contributed by atoms with Crippen molar-refractivity contribution in [3.8, 4) is 0 Å². The molecule has 3 N–H and O–H groups in total. The van der Waals surface area contributed by atoms with E-state index in [4.69, 9.17) is 12.2 Å². The second-order valence-corrected chi connectivity index (χ2v) is 9.02. The molecule has 144 valence electrons. The van der Waals surface area contributed by atoms with Gasteiger partial charge in [-0.25, -0.2) is 8.42 Å². The maximum absolute atomic E-state index is 12.4. The third-order valence-electron chi connectivity index (χ3n) is 4.67. The first-order valence-electron chi connectivity index (χ1n) is 9.19. The zero-order valence-electron chi connectivity index (χ0n) is 15.4. The summed E-state index contributed by atoms with van der Waals surface area (Å²) in [5.41, 5.74) is 2.34. The zero-order valence-corrected chi connectivity index (χ0v) is 17.0. The number of nitrogens with one attached hydrogen (secondary N) is 3. The molecule has 2 aromatic rings. The topological polar surface area (TPSA) is 70.2 Å². The monoisotopic (exact) mass is 403 g/mol. The Kier molecular flexibility index (Phi) is 6.34. The van der Waals surface area contributed by atoms with Crippen molar-refractivity contribution >= 4 is 38.7 Å². The summed E-state index contributed by atoms with van der Waals surface area (Å²) in [6.45, 7) is 1.92. The highest BCUT2D eigenvalue weighted by Crippen LogP contribution is 2.20. The third-order valence-corrected chi connectivity index (χ3v) is 6.28. The van der Waals surface area contributed by atoms with Gasteiger partial charge in [-0.1, -0.05) is 37.0 Å². The Morgan fingerprint density at radius 2 is 1.52 bits per heavy atom. The van der Waals surface area contributed by atoms with Crippen LogP contribution in [0.1, 0.15) is 37.7 Å². The summed E-state index contributed by atoms with van der Waals surface area (Å²) in [4.78, 5) is 0.244. The minimum atomic E-state index is -3.59. The molecule has 5 nitrogen and oxygen atoms in total. The Morgan fingerprint density at radius 3 is 2.15 bits per heavy atom. The number of anilines is 2. The Balaban J connectivity index is 1.58. The average molecular weight is 404 g/mol. The summed E-state index contributed by atoms with van der Waals surface area (Å²) in [5, 5.41) is 7.12. The van der Waals surface area contributed by atoms with E-state index in [0.717, 1.165) is 24.1 Å². The van der Waals surface area contributed by atoms with Gasteiger partial charge in [0.15, 0.2) is 5.11 Å². The van der Waals surface area contributed by atoms with Gasteiger partial charge in [0.1, 0.15) is 0 Å². The van der Waals surface area contributed by atoms with Crippen molar-refractivity contribution in [2.24, 2.45) is 0 Å². The molecule has 1 fully saturated rings. The smallest absolute Gasteiger partial charge is 0.261 e. The summed E-state index contributed by atoms with van der Waals surface area (Å²) in [5.74, 6) is 0. The second-order valence-electron chi connectivity index (χ2n) is 6.93. The van der Waals surface area contributed by atoms with Crippen LogP contribution in [0.15, 0.2) is 53.4 Å². The Labute approximate surface area is 166 Å². The molecule has 0 bridgehead atoms. The van der Waals surface area contributed by atoms with Crippen molar-refractivity contribution in [1.82, 2.24) is 5.32 Å². The fourth-order valence-corrected chi connectivity index (χ4v) is 4.50. The fraction of sp³-hybridized carbons (Fsp3) is 0.350. The number of hydrogen-bond acceptors (Lipinski definition) is 3. The molecule has 7 heteroatoms. The lowest BCUT2D eigenvalue weighted by Crippen LogP contribution is -2.38. The molecule has 1 saturated carbocycles. The number of thiocarbonyl (C=S) groups is 1. The van der Waals surface area contributed by atoms with Gasteiger partial charge in [-0.15, -0.1) is 0 Å². The van der Waals surface area contributed by atoms with Crippen molar-refractivity contribution < 1.29 is 8.42 Å². The minimum absolute atomic E-state index is 0.244. The molecule has 1 aliphatic carbocycles. The molecule has 0 radical (unpaired) electrons. The molecule has 0 spiro atoms. The van der Waals surface area contributed by atoms with Gasteiger partial charge in [0.2, 0.25) is 0 Å². The van der Waals surface area contributed by atoms with Gasteiger partial charge >= 0.3 is 0 Å². The van der Waals surface area contributed by atoms with Crippen molar-refractivity contribution in [3.63, 3.8) is 0 Å². The number of aryl methyl sites for hydroxylation is 1. The summed E-state index contributed by atoms with van der Waals surface area (Å²) in [6, 6.07) is 14.3. The van der Waals surface area contributed by atoms with E-state index in [1.807, 2.05) is 19.1 Å². The summed E-state index contributed by atoms with van der Waals surface area (Å²) < 4.78 is 27.5. The standard InChI is InChI=1S/C20H25N3O2S2/c1-15-7-13-19(14-8-15)27(24,25)23-18-11-9-17(10-12-18)22-20(26)21-16-5-3-2-4-6-16/h7-14,16,23H,2-6H2,1H3,(H2,21,22,26). The van der Waals surface area contributed by atoms with E-state index in [-0.39, 0.29) is 4.90 Å². The fourth-order valence-electron chi connectivity index (χ4n) is 3.15. The van der Waals surface area contributed by atoms with E-state index >= 15 is 0 Å². The van der Waals surface area contributed by atoms with Crippen LogP contribution < -0.4 is 15.4 Å². The quantitative estimate of drug-likeness (QED) is 0.645. The summed E-state index contributed by atoms with van der Waals surface area (Å²) >= 11 is 5.38. The maximum Gasteiger partial charge on any atom is 0.261 e. The number of benzene rings is 2. The van der Waals surface area contributed by atoms with Crippen LogP contribution in [-0.4, -0.2) is 19.6 Å². The van der Waals surface area contributed by atoms with Crippen LogP contribution >= 0.6 is 12.2 Å². The lowest BCUT2D eigenvalue weighted by atomic mass is 9.96. The van der Waals surface area contributed by atoms with Crippen LogP contribution in [0.25, 0.3) is 0 Å². The number of hydrogen-bond donors (Lipinski definition) is 3. The second kappa shape index (κ2) is 8.71. The molecule has 1 aliphatic rings. The predicted octanol–water partition coefficient (Wildman–Crippen LogP) is 4.41. The molecule has 0 heterocycles. The predicted molar refractivity (Wildman–Crippen MR) is 115 cm³/mol. The Bertz CT molecular complexity index is 872. The van der Waals surface area contributed by atoms with Crippen molar-refractivity contribution in [2.75, 3.05) is 10.0 Å². The Hall–Kier alpha value is -2.12. The largest absolute Gasteiger partial charge is 0.360 e. The van der Waals surface area contributed by atoms with Gasteiger partial charge in [0.05, 0.1) is 4.90 Å². The van der Waals surface area contributed by atoms with Crippen LogP contribution in [0.4, 0.5) is 11.4 Å². The zero-order chi connectivity index (χ0) is 19.3. The van der Waals surface area contributed by atoms with Gasteiger partial charge < -0.3 is 10.6 Å². The van der Waals surface area contributed by atoms with E-state index < -0.39 is 10.0 Å². The SMILES string of the molecule is Cc1ccc(S(=O)(=O)Nc2ccc(NC(=S)NC3CCCCC3)cc2)cc1.